The highest BCUT2D eigenvalue weighted by Crippen LogP contribution is 2.26. The van der Waals surface area contributed by atoms with E-state index in [1.54, 1.807) is 12.4 Å². The average Bonchev–Trinajstić information content (AvgIpc) is 2.69. The Bertz CT molecular complexity index is 870. The molecule has 1 saturated heterocycles. The number of likely N-dealkylation sites (tertiary alicyclic amines) is 1. The summed E-state index contributed by atoms with van der Waals surface area (Å²) in [7, 11) is 0. The van der Waals surface area contributed by atoms with Crippen LogP contribution in [0.25, 0.3) is 10.8 Å². The van der Waals surface area contributed by atoms with Crippen molar-refractivity contribution in [3.05, 3.63) is 72.3 Å². The van der Waals surface area contributed by atoms with Gasteiger partial charge in [0.25, 0.3) is 0 Å². The molecule has 126 valence electrons. The minimum absolute atomic E-state index is 0.216. The number of rotatable bonds is 3. The van der Waals surface area contributed by atoms with Crippen LogP contribution in [0.15, 0.2) is 61.1 Å². The average molecular weight is 331 g/mol. The van der Waals surface area contributed by atoms with Gasteiger partial charge in [0, 0.05) is 37.6 Å². The lowest BCUT2D eigenvalue weighted by Gasteiger charge is -2.31. The summed E-state index contributed by atoms with van der Waals surface area (Å²) in [6, 6.07) is 14.5. The summed E-state index contributed by atoms with van der Waals surface area (Å²) in [6.07, 6.45) is 7.68. The number of amides is 1. The first kappa shape index (κ1) is 15.8. The van der Waals surface area contributed by atoms with Crippen LogP contribution in [0.4, 0.5) is 0 Å². The number of benzene rings is 2. The highest BCUT2D eigenvalue weighted by Gasteiger charge is 2.24. The Morgan fingerprint density at radius 2 is 1.84 bits per heavy atom. The smallest absolute Gasteiger partial charge is 0.226 e. The maximum Gasteiger partial charge on any atom is 0.226 e. The first-order valence-corrected chi connectivity index (χ1v) is 8.81. The Hall–Kier alpha value is -2.75. The van der Waals surface area contributed by atoms with E-state index in [0.717, 1.165) is 37.2 Å². The third-order valence-corrected chi connectivity index (χ3v) is 5.02. The van der Waals surface area contributed by atoms with Gasteiger partial charge in [-0.1, -0.05) is 42.5 Å². The van der Waals surface area contributed by atoms with Crippen LogP contribution < -0.4 is 0 Å². The minimum Gasteiger partial charge on any atom is -0.342 e. The molecule has 25 heavy (non-hydrogen) atoms. The molecule has 0 atom stereocenters. The Balaban J connectivity index is 1.38. The maximum atomic E-state index is 12.6. The number of piperidine rings is 1. The molecule has 4 rings (SSSR count). The Labute approximate surface area is 147 Å². The molecule has 4 nitrogen and oxygen atoms in total. The second-order valence-corrected chi connectivity index (χ2v) is 6.64. The molecule has 0 aliphatic carbocycles. The molecular weight excluding hydrogens is 310 g/mol. The van der Waals surface area contributed by atoms with Gasteiger partial charge >= 0.3 is 0 Å². The van der Waals surface area contributed by atoms with Gasteiger partial charge in [-0.3, -0.25) is 14.8 Å². The summed E-state index contributed by atoms with van der Waals surface area (Å²) >= 11 is 0. The molecule has 1 aromatic heterocycles. The molecule has 3 aromatic rings. The number of hydrogen-bond acceptors (Lipinski definition) is 3. The number of carbonyl (C=O) groups excluding carboxylic acids is 1. The third-order valence-electron chi connectivity index (χ3n) is 5.02. The minimum atomic E-state index is 0.216. The van der Waals surface area contributed by atoms with Crippen molar-refractivity contribution in [1.82, 2.24) is 14.9 Å². The molecule has 1 aliphatic heterocycles. The van der Waals surface area contributed by atoms with Gasteiger partial charge in [-0.2, -0.15) is 0 Å². The van der Waals surface area contributed by atoms with Gasteiger partial charge in [-0.25, -0.2) is 0 Å². The lowest BCUT2D eigenvalue weighted by atomic mass is 9.93. The largest absolute Gasteiger partial charge is 0.342 e. The zero-order valence-electron chi connectivity index (χ0n) is 14.1. The Morgan fingerprint density at radius 3 is 2.60 bits per heavy atom. The number of hydrogen-bond donors (Lipinski definition) is 0. The fourth-order valence-electron chi connectivity index (χ4n) is 3.58. The second-order valence-electron chi connectivity index (χ2n) is 6.64. The summed E-state index contributed by atoms with van der Waals surface area (Å²) < 4.78 is 0. The molecule has 1 aliphatic rings. The second kappa shape index (κ2) is 7.01. The zero-order chi connectivity index (χ0) is 17.1. The Kier molecular flexibility index (Phi) is 4.42. The summed E-state index contributed by atoms with van der Waals surface area (Å²) in [6.45, 7) is 1.60. The summed E-state index contributed by atoms with van der Waals surface area (Å²) in [4.78, 5) is 23.2. The third kappa shape index (κ3) is 3.53. The van der Waals surface area contributed by atoms with Crippen LogP contribution in [-0.4, -0.2) is 33.9 Å². The van der Waals surface area contributed by atoms with Crippen molar-refractivity contribution in [2.45, 2.75) is 25.2 Å². The molecule has 2 heterocycles. The van der Waals surface area contributed by atoms with Crippen LogP contribution in [-0.2, 0) is 11.2 Å². The van der Waals surface area contributed by atoms with E-state index < -0.39 is 0 Å². The molecule has 0 unspecified atom stereocenters. The zero-order valence-corrected chi connectivity index (χ0v) is 14.1. The van der Waals surface area contributed by atoms with Crippen LogP contribution in [0.2, 0.25) is 0 Å². The van der Waals surface area contributed by atoms with Crippen molar-refractivity contribution in [1.29, 1.82) is 0 Å². The van der Waals surface area contributed by atoms with Gasteiger partial charge in [0.1, 0.15) is 0 Å². The van der Waals surface area contributed by atoms with Gasteiger partial charge in [0.05, 0.1) is 12.1 Å². The maximum absolute atomic E-state index is 12.6. The summed E-state index contributed by atoms with van der Waals surface area (Å²) in [5.41, 5.74) is 2.13. The lowest BCUT2D eigenvalue weighted by molar-refractivity contribution is -0.131. The van der Waals surface area contributed by atoms with E-state index in [0.29, 0.717) is 12.3 Å². The van der Waals surface area contributed by atoms with E-state index in [9.17, 15) is 4.79 Å². The lowest BCUT2D eigenvalue weighted by Crippen LogP contribution is -2.38. The van der Waals surface area contributed by atoms with E-state index in [1.807, 2.05) is 23.2 Å². The Morgan fingerprint density at radius 1 is 1.04 bits per heavy atom. The highest BCUT2D eigenvalue weighted by atomic mass is 16.2. The number of aromatic nitrogens is 2. The van der Waals surface area contributed by atoms with Crippen molar-refractivity contribution < 1.29 is 4.79 Å². The normalized spacial score (nSPS) is 15.4. The van der Waals surface area contributed by atoms with Crippen LogP contribution >= 0.6 is 0 Å². The van der Waals surface area contributed by atoms with Crippen molar-refractivity contribution in [2.24, 2.45) is 0 Å². The van der Waals surface area contributed by atoms with Crippen LogP contribution in [0, 0.1) is 0 Å². The van der Waals surface area contributed by atoms with E-state index in [-0.39, 0.29) is 5.91 Å². The molecule has 0 bridgehead atoms. The fraction of sp³-hybridized carbons (Fsp3) is 0.286. The molecule has 0 radical (unpaired) electrons. The van der Waals surface area contributed by atoms with E-state index in [1.165, 1.54) is 10.8 Å². The van der Waals surface area contributed by atoms with Crippen LogP contribution in [0.5, 0.6) is 0 Å². The standard InChI is InChI=1S/C21H21N3O/c25-21(14-16-5-6-17-3-1-2-4-19(17)13-16)24-11-7-18(8-12-24)20-15-22-9-10-23-20/h1-6,9-10,13,15,18H,7-8,11-12,14H2. The van der Waals surface area contributed by atoms with Gasteiger partial charge < -0.3 is 4.90 Å². The first-order valence-electron chi connectivity index (χ1n) is 8.81. The number of fused-ring (bicyclic) bond motifs is 1. The SMILES string of the molecule is O=C(Cc1ccc2ccccc2c1)N1CCC(c2cnccn2)CC1. The molecule has 4 heteroatoms. The summed E-state index contributed by atoms with van der Waals surface area (Å²) in [5, 5.41) is 2.40. The van der Waals surface area contributed by atoms with Crippen LogP contribution in [0.1, 0.15) is 30.0 Å². The van der Waals surface area contributed by atoms with E-state index in [4.69, 9.17) is 0 Å². The first-order chi connectivity index (χ1) is 12.3. The molecule has 0 saturated carbocycles. The predicted molar refractivity (Wildman–Crippen MR) is 98.2 cm³/mol. The van der Waals surface area contributed by atoms with Gasteiger partial charge in [0.2, 0.25) is 5.91 Å². The van der Waals surface area contributed by atoms with Gasteiger partial charge in [-0.15, -0.1) is 0 Å². The number of carbonyl (C=O) groups is 1. The van der Waals surface area contributed by atoms with Crippen molar-refractivity contribution in [2.75, 3.05) is 13.1 Å². The molecule has 2 aromatic carbocycles. The van der Waals surface area contributed by atoms with Crippen molar-refractivity contribution >= 4 is 16.7 Å². The van der Waals surface area contributed by atoms with Gasteiger partial charge in [-0.05, 0) is 29.2 Å². The highest BCUT2D eigenvalue weighted by molar-refractivity contribution is 5.85. The van der Waals surface area contributed by atoms with Gasteiger partial charge in [0.15, 0.2) is 0 Å². The number of nitrogens with zero attached hydrogens (tertiary/aromatic N) is 3. The van der Waals surface area contributed by atoms with Crippen molar-refractivity contribution in [3.63, 3.8) is 0 Å². The van der Waals surface area contributed by atoms with Crippen LogP contribution in [0.3, 0.4) is 0 Å². The monoisotopic (exact) mass is 331 g/mol. The quantitative estimate of drug-likeness (QED) is 0.737. The van der Waals surface area contributed by atoms with E-state index in [2.05, 4.69) is 40.3 Å². The predicted octanol–water partition coefficient (Wildman–Crippen LogP) is 3.58. The molecule has 0 N–H and O–H groups in total. The van der Waals surface area contributed by atoms with Crippen molar-refractivity contribution in [3.8, 4) is 0 Å². The fourth-order valence-corrected chi connectivity index (χ4v) is 3.58. The topological polar surface area (TPSA) is 46.1 Å². The molecule has 1 fully saturated rings. The molecule has 1 amide bonds. The molecular formula is C21H21N3O. The summed E-state index contributed by atoms with van der Waals surface area (Å²) in [5.74, 6) is 0.631. The molecule has 0 spiro atoms. The van der Waals surface area contributed by atoms with E-state index >= 15 is 0 Å².